The Morgan fingerprint density at radius 2 is 1.18 bits per heavy atom. The van der Waals surface area contributed by atoms with E-state index in [4.69, 9.17) is 11.6 Å². The van der Waals surface area contributed by atoms with Crippen LogP contribution in [0.3, 0.4) is 0 Å². The molecule has 26 heteroatoms. The summed E-state index contributed by atoms with van der Waals surface area (Å²) >= 11 is 6.37. The van der Waals surface area contributed by atoms with E-state index in [-0.39, 0.29) is 94.9 Å². The van der Waals surface area contributed by atoms with Crippen molar-refractivity contribution < 1.29 is 65.9 Å². The minimum Gasteiger partial charge on any atom is -0.351 e. The molecule has 522 valence electrons. The number of likely N-dealkylation sites (N-methyl/N-ethyl adjacent to an activating group) is 6. The Morgan fingerprint density at radius 1 is 0.598 bits per heavy atom. The van der Waals surface area contributed by atoms with Crippen LogP contribution in [0.2, 0.25) is 0 Å². The van der Waals surface area contributed by atoms with Crippen molar-refractivity contribution in [2.24, 2.45) is 41.4 Å². The molecule has 4 N–H and O–H groups in total. The van der Waals surface area contributed by atoms with Gasteiger partial charge in [-0.1, -0.05) is 99.8 Å². The molecule has 22 nitrogen and oxygen atoms in total. The molecular formula is C66H109ClF3N11O11. The van der Waals surface area contributed by atoms with E-state index in [2.05, 4.69) is 28.2 Å². The van der Waals surface area contributed by atoms with Gasteiger partial charge in [-0.2, -0.15) is 13.2 Å². The lowest BCUT2D eigenvalue weighted by molar-refractivity contribution is -0.182. The number of hydrogen-bond acceptors (Lipinski definition) is 11. The van der Waals surface area contributed by atoms with E-state index >= 15 is 9.59 Å². The lowest BCUT2D eigenvalue weighted by atomic mass is 9.78. The molecule has 12 atom stereocenters. The lowest BCUT2D eigenvalue weighted by Crippen LogP contribution is -2.64. The third-order valence-corrected chi connectivity index (χ3v) is 21.2. The van der Waals surface area contributed by atoms with Gasteiger partial charge in [-0.05, 0) is 113 Å². The van der Waals surface area contributed by atoms with Crippen LogP contribution in [0.5, 0.6) is 0 Å². The van der Waals surface area contributed by atoms with Gasteiger partial charge in [0.25, 0.3) is 0 Å². The summed E-state index contributed by atoms with van der Waals surface area (Å²) in [5.74, 6) is -9.05. The monoisotopic (exact) mass is 1320 g/mol. The Bertz CT molecular complexity index is 2600. The zero-order valence-electron chi connectivity index (χ0n) is 57.3. The minimum absolute atomic E-state index is 0.0137. The number of carbonyl (C=O) groups is 11. The van der Waals surface area contributed by atoms with E-state index in [0.29, 0.717) is 38.0 Å². The van der Waals surface area contributed by atoms with Crippen molar-refractivity contribution in [3.8, 4) is 0 Å². The van der Waals surface area contributed by atoms with Crippen LogP contribution in [0, 0.1) is 41.4 Å². The van der Waals surface area contributed by atoms with Crippen molar-refractivity contribution in [2.75, 3.05) is 68.5 Å². The summed E-state index contributed by atoms with van der Waals surface area (Å²) in [4.78, 5) is 169. The van der Waals surface area contributed by atoms with Crippen LogP contribution in [0.15, 0.2) is 0 Å². The van der Waals surface area contributed by atoms with Crippen molar-refractivity contribution >= 4 is 76.6 Å². The molecule has 11 amide bonds. The second-order valence-electron chi connectivity index (χ2n) is 28.4. The average molecular weight is 1330 g/mol. The van der Waals surface area contributed by atoms with Gasteiger partial charge in [-0.3, -0.25) is 52.7 Å². The molecular weight excluding hydrogens is 1220 g/mol. The number of amides is 11. The number of nitrogens with one attached hydrogen (secondary N) is 4. The summed E-state index contributed by atoms with van der Waals surface area (Å²) in [6, 6.07) is -7.58. The number of halogens is 4. The van der Waals surface area contributed by atoms with Crippen LogP contribution in [0.25, 0.3) is 0 Å². The Morgan fingerprint density at radius 3 is 1.77 bits per heavy atom. The maximum atomic E-state index is 15.1. The van der Waals surface area contributed by atoms with Gasteiger partial charge in [0.15, 0.2) is 0 Å². The van der Waals surface area contributed by atoms with E-state index in [1.165, 1.54) is 71.7 Å². The Balaban J connectivity index is 1.54. The highest BCUT2D eigenvalue weighted by Crippen LogP contribution is 2.44. The van der Waals surface area contributed by atoms with E-state index in [9.17, 15) is 56.3 Å². The Labute approximate surface area is 549 Å². The largest absolute Gasteiger partial charge is 0.393 e. The van der Waals surface area contributed by atoms with Crippen molar-refractivity contribution in [1.82, 2.24) is 55.6 Å². The number of nitrogens with zero attached hydrogens (tertiary/aromatic N) is 7. The molecule has 0 bridgehead atoms. The molecule has 0 aromatic heterocycles. The molecule has 2 aliphatic heterocycles. The maximum Gasteiger partial charge on any atom is 0.393 e. The molecule has 5 aliphatic rings. The summed E-state index contributed by atoms with van der Waals surface area (Å²) in [6.45, 7) is 13.4. The molecule has 0 radical (unpaired) electrons. The first-order valence-electron chi connectivity index (χ1n) is 33.8. The molecule has 2 saturated heterocycles. The molecule has 5 fully saturated rings. The number of hydrogen-bond donors (Lipinski definition) is 4. The van der Waals surface area contributed by atoms with E-state index in [1.807, 2.05) is 34.6 Å². The summed E-state index contributed by atoms with van der Waals surface area (Å²) in [5, 5.41) is 10.5. The van der Waals surface area contributed by atoms with Crippen molar-refractivity contribution in [1.29, 1.82) is 0 Å². The van der Waals surface area contributed by atoms with E-state index < -0.39 is 162 Å². The zero-order valence-corrected chi connectivity index (χ0v) is 58.0. The second kappa shape index (κ2) is 34.1. The van der Waals surface area contributed by atoms with Crippen LogP contribution >= 0.6 is 11.6 Å². The highest BCUT2D eigenvalue weighted by molar-refractivity contribution is 6.20. The van der Waals surface area contributed by atoms with Gasteiger partial charge in [-0.15, -0.1) is 11.6 Å². The van der Waals surface area contributed by atoms with Crippen molar-refractivity contribution in [2.45, 2.75) is 243 Å². The van der Waals surface area contributed by atoms with E-state index in [0.717, 1.165) is 30.6 Å². The molecule has 3 unspecified atom stereocenters. The lowest BCUT2D eigenvalue weighted by Gasteiger charge is -2.40. The fourth-order valence-corrected chi connectivity index (χ4v) is 14.8. The highest BCUT2D eigenvalue weighted by Gasteiger charge is 2.51. The van der Waals surface area contributed by atoms with Gasteiger partial charge in [0.05, 0.1) is 25.6 Å². The van der Waals surface area contributed by atoms with Crippen LogP contribution in [-0.4, -0.2) is 227 Å². The molecule has 3 saturated carbocycles. The van der Waals surface area contributed by atoms with Crippen LogP contribution in [-0.2, 0) is 52.7 Å². The van der Waals surface area contributed by atoms with Gasteiger partial charge in [0.2, 0.25) is 65.0 Å². The first kappa shape index (κ1) is 77.0. The summed E-state index contributed by atoms with van der Waals surface area (Å²) in [7, 11) is 8.66. The first-order valence-corrected chi connectivity index (χ1v) is 34.2. The van der Waals surface area contributed by atoms with Gasteiger partial charge in [-0.25, -0.2) is 0 Å². The van der Waals surface area contributed by atoms with Crippen LogP contribution in [0.1, 0.15) is 184 Å². The summed E-state index contributed by atoms with van der Waals surface area (Å²) < 4.78 is 41.8. The highest BCUT2D eigenvalue weighted by atomic mass is 35.5. The maximum absolute atomic E-state index is 15.1. The molecule has 3 aliphatic carbocycles. The predicted octanol–water partition coefficient (Wildman–Crippen LogP) is 5.86. The quantitative estimate of drug-likeness (QED) is 0.178. The number of alkyl halides is 4. The second-order valence-corrected chi connectivity index (χ2v) is 29.0. The first-order chi connectivity index (χ1) is 43.0. The predicted molar refractivity (Wildman–Crippen MR) is 343 cm³/mol. The normalized spacial score (nSPS) is 31.2. The molecule has 92 heavy (non-hydrogen) atoms. The van der Waals surface area contributed by atoms with Crippen molar-refractivity contribution in [3.63, 3.8) is 0 Å². The van der Waals surface area contributed by atoms with Gasteiger partial charge in [0, 0.05) is 66.7 Å². The van der Waals surface area contributed by atoms with Crippen molar-refractivity contribution in [3.05, 3.63) is 0 Å². The Hall–Kier alpha value is -5.75. The molecule has 5 rings (SSSR count). The average Bonchev–Trinajstić information content (AvgIpc) is 1.52. The Kier molecular flexibility index (Phi) is 28.5. The fourth-order valence-electron chi connectivity index (χ4n) is 14.3. The smallest absolute Gasteiger partial charge is 0.351 e. The third-order valence-electron chi connectivity index (χ3n) is 20.7. The molecule has 2 heterocycles. The summed E-state index contributed by atoms with van der Waals surface area (Å²) in [5.41, 5.74) is -1.48. The third kappa shape index (κ3) is 20.1. The topological polar surface area (TPSA) is 259 Å². The number of fused-ring (bicyclic) bond motifs is 1. The van der Waals surface area contributed by atoms with Gasteiger partial charge in [0.1, 0.15) is 41.8 Å². The van der Waals surface area contributed by atoms with Crippen LogP contribution < -0.4 is 21.3 Å². The molecule has 0 aromatic rings. The fraction of sp³-hybridized carbons (Fsp3) is 0.833. The standard InChI is InChI=1S/C66H109ClF3N11O11/c1-15-41(6)56-63(91)77(11)37-54(84)75(9)38-55(85)79(13)51(35-45-23-21-40(5)22-24-45)62(90)76(10)36-52(82)72-48(28-26-44-25-27-46(47(67)34-44)66(68,69)70)61(89)81-31-19-20-49(81)59(87)74-65(29-17-18-30-65)64(92)80(14)57(42(7)16-2)60(88)71-43(8)33-53(83)78(12)50(32-39(3)4)58(86)73-56/h39-51,56-57H,15-38H2,1-14H3,(H,71,88)(H,72,82)(H,73,86)(H,74,87)/t40?,41-,42-,43+,44?,45?,46?,47?,48-,49-,50-,51-,56-,57-/m0/s1. The number of carbonyl (C=O) groups excluding carboxylic acids is 11. The van der Waals surface area contributed by atoms with Crippen LogP contribution in [0.4, 0.5) is 13.2 Å². The van der Waals surface area contributed by atoms with Gasteiger partial charge >= 0.3 is 6.18 Å². The number of rotatable bonds is 11. The minimum atomic E-state index is -4.49. The SMILES string of the molecule is CC[C@H](C)[C@@H]1NC(=O)[C@H](CC(C)C)N(C)C(=O)C[C@@H](C)NC(=O)[C@H]([C@@H](C)CC)N(C)C(=O)C2(CCCC2)NC(=O)[C@@H]2CCCN2C(=O)[C@H](CCC2CCC(C(F)(F)F)C(Cl)C2)NC(=O)CN(C)C(=O)[C@H](CC2CCC(C)CC2)N(C)C(=O)CN(C)C(=O)CN(C)C1=O. The molecule has 0 aromatic carbocycles. The summed E-state index contributed by atoms with van der Waals surface area (Å²) in [6.07, 6.45) is 2.28. The molecule has 1 spiro atoms. The van der Waals surface area contributed by atoms with E-state index in [1.54, 1.807) is 13.8 Å². The zero-order chi connectivity index (χ0) is 68.9. The van der Waals surface area contributed by atoms with Gasteiger partial charge < -0.3 is 55.6 Å².